The highest BCUT2D eigenvalue weighted by Crippen LogP contribution is 2.12. The Hall–Kier alpha value is -3.17. The third-order valence-corrected chi connectivity index (χ3v) is 5.08. The maximum absolute atomic E-state index is 12.4. The minimum absolute atomic E-state index is 0. The number of carbonyl (C=O) groups excluding carboxylic acids is 2. The van der Waals surface area contributed by atoms with E-state index in [9.17, 15) is 14.4 Å². The van der Waals surface area contributed by atoms with Gasteiger partial charge >= 0.3 is 0 Å². The molecular weight excluding hydrogens is 424 g/mol. The molecule has 9 nitrogen and oxygen atoms in total. The van der Waals surface area contributed by atoms with Gasteiger partial charge in [0, 0.05) is 51.4 Å². The number of hydrogen-bond acceptors (Lipinski definition) is 7. The van der Waals surface area contributed by atoms with Gasteiger partial charge in [-0.3, -0.25) is 19.3 Å². The predicted octanol–water partition coefficient (Wildman–Crippen LogP) is 1.70. The van der Waals surface area contributed by atoms with Crippen LogP contribution in [-0.4, -0.2) is 66.0 Å². The van der Waals surface area contributed by atoms with E-state index >= 15 is 0 Å². The van der Waals surface area contributed by atoms with Crippen LogP contribution in [0.2, 0.25) is 0 Å². The molecule has 0 saturated carbocycles. The SMILES string of the molecule is Cc1cc(C(=O)N2CCN(CCNC(=O)c3cc(=O)c4ccccc4o3)CC2)no1.Cl. The first-order chi connectivity index (χ1) is 14.5. The van der Waals surface area contributed by atoms with Crippen molar-refractivity contribution in [2.24, 2.45) is 0 Å². The Labute approximate surface area is 184 Å². The lowest BCUT2D eigenvalue weighted by Crippen LogP contribution is -2.50. The molecule has 0 atom stereocenters. The van der Waals surface area contributed by atoms with E-state index in [4.69, 9.17) is 8.94 Å². The number of aryl methyl sites for hydroxylation is 1. The standard InChI is InChI=1S/C21H22N4O5.ClH/c1-14-12-16(23-30-14)21(28)25-10-8-24(9-11-25)7-6-22-20(27)19-13-17(26)15-4-2-3-5-18(15)29-19;/h2-5,12-13H,6-11H2,1H3,(H,22,27);1H. The molecule has 0 bridgehead atoms. The Morgan fingerprint density at radius 3 is 2.58 bits per heavy atom. The van der Waals surface area contributed by atoms with E-state index in [1.54, 1.807) is 42.2 Å². The molecule has 3 aromatic rings. The number of aromatic nitrogens is 1. The van der Waals surface area contributed by atoms with Crippen LogP contribution in [0.1, 0.15) is 26.8 Å². The minimum Gasteiger partial charge on any atom is -0.451 e. The Kier molecular flexibility index (Phi) is 7.09. The zero-order chi connectivity index (χ0) is 21.1. The molecule has 0 radical (unpaired) electrons. The molecule has 1 aliphatic heterocycles. The van der Waals surface area contributed by atoms with Crippen molar-refractivity contribution in [2.45, 2.75) is 6.92 Å². The number of benzene rings is 1. The first-order valence-corrected chi connectivity index (χ1v) is 9.77. The second-order valence-electron chi connectivity index (χ2n) is 7.18. The summed E-state index contributed by atoms with van der Waals surface area (Å²) < 4.78 is 10.5. The second kappa shape index (κ2) is 9.76. The van der Waals surface area contributed by atoms with Crippen LogP contribution in [0.3, 0.4) is 0 Å². The number of fused-ring (bicyclic) bond motifs is 1. The highest BCUT2D eigenvalue weighted by atomic mass is 35.5. The minimum atomic E-state index is -0.423. The average Bonchev–Trinajstić information content (AvgIpc) is 3.20. The number of piperazine rings is 1. The van der Waals surface area contributed by atoms with Crippen LogP contribution >= 0.6 is 12.4 Å². The Bertz CT molecular complexity index is 1130. The third-order valence-electron chi connectivity index (χ3n) is 5.08. The number of hydrogen-bond donors (Lipinski definition) is 1. The maximum Gasteiger partial charge on any atom is 0.287 e. The lowest BCUT2D eigenvalue weighted by atomic mass is 10.2. The highest BCUT2D eigenvalue weighted by Gasteiger charge is 2.24. The van der Waals surface area contributed by atoms with E-state index in [1.165, 1.54) is 6.07 Å². The molecule has 1 aliphatic rings. The molecule has 1 fully saturated rings. The molecule has 2 amide bonds. The number of para-hydroxylation sites is 1. The lowest BCUT2D eigenvalue weighted by Gasteiger charge is -2.34. The van der Waals surface area contributed by atoms with Crippen molar-refractivity contribution in [3.8, 4) is 0 Å². The van der Waals surface area contributed by atoms with Crippen molar-refractivity contribution in [3.05, 3.63) is 63.8 Å². The number of rotatable bonds is 5. The van der Waals surface area contributed by atoms with Crippen LogP contribution in [0.5, 0.6) is 0 Å². The van der Waals surface area contributed by atoms with E-state index < -0.39 is 5.91 Å². The number of nitrogens with zero attached hydrogens (tertiary/aromatic N) is 3. The second-order valence-corrected chi connectivity index (χ2v) is 7.18. The van der Waals surface area contributed by atoms with Crippen LogP contribution in [-0.2, 0) is 0 Å². The van der Waals surface area contributed by atoms with Crippen molar-refractivity contribution < 1.29 is 18.5 Å². The molecule has 164 valence electrons. The van der Waals surface area contributed by atoms with Gasteiger partial charge in [0.2, 0.25) is 0 Å². The average molecular weight is 447 g/mol. The summed E-state index contributed by atoms with van der Waals surface area (Å²) in [5.74, 6) is 0.0474. The van der Waals surface area contributed by atoms with Gasteiger partial charge in [-0.25, -0.2) is 0 Å². The summed E-state index contributed by atoms with van der Waals surface area (Å²) in [6.45, 7) is 5.35. The highest BCUT2D eigenvalue weighted by molar-refractivity contribution is 5.93. The van der Waals surface area contributed by atoms with E-state index in [2.05, 4.69) is 15.4 Å². The summed E-state index contributed by atoms with van der Waals surface area (Å²) in [5.41, 5.74) is 0.466. The summed E-state index contributed by atoms with van der Waals surface area (Å²) in [5, 5.41) is 7.01. The molecule has 0 aliphatic carbocycles. The fourth-order valence-corrected chi connectivity index (χ4v) is 3.43. The molecule has 3 heterocycles. The van der Waals surface area contributed by atoms with Gasteiger partial charge in [-0.1, -0.05) is 17.3 Å². The molecule has 4 rings (SSSR count). The fraction of sp³-hybridized carbons (Fsp3) is 0.333. The molecule has 2 aromatic heterocycles. The van der Waals surface area contributed by atoms with Crippen LogP contribution in [0.25, 0.3) is 11.0 Å². The van der Waals surface area contributed by atoms with Gasteiger partial charge in [0.25, 0.3) is 11.8 Å². The Balaban J connectivity index is 0.00000272. The van der Waals surface area contributed by atoms with Gasteiger partial charge < -0.3 is 19.2 Å². The lowest BCUT2D eigenvalue weighted by molar-refractivity contribution is 0.0627. The van der Waals surface area contributed by atoms with Crippen LogP contribution < -0.4 is 10.7 Å². The first-order valence-electron chi connectivity index (χ1n) is 9.77. The van der Waals surface area contributed by atoms with Gasteiger partial charge in [-0.2, -0.15) is 0 Å². The van der Waals surface area contributed by atoms with E-state index in [0.717, 1.165) is 0 Å². The van der Waals surface area contributed by atoms with Crippen molar-refractivity contribution in [1.82, 2.24) is 20.3 Å². The molecule has 0 spiro atoms. The smallest absolute Gasteiger partial charge is 0.287 e. The normalized spacial score (nSPS) is 14.3. The van der Waals surface area contributed by atoms with E-state index in [0.29, 0.717) is 61.7 Å². The number of halogens is 1. The van der Waals surface area contributed by atoms with E-state index in [-0.39, 0.29) is 29.5 Å². The van der Waals surface area contributed by atoms with Crippen molar-refractivity contribution in [1.29, 1.82) is 0 Å². The number of nitrogens with one attached hydrogen (secondary N) is 1. The first kappa shape index (κ1) is 22.5. The topological polar surface area (TPSA) is 109 Å². The molecule has 31 heavy (non-hydrogen) atoms. The number of amides is 2. The quantitative estimate of drug-likeness (QED) is 0.635. The Morgan fingerprint density at radius 1 is 1.13 bits per heavy atom. The van der Waals surface area contributed by atoms with Crippen molar-refractivity contribution >= 4 is 35.2 Å². The van der Waals surface area contributed by atoms with Gasteiger partial charge in [-0.15, -0.1) is 12.4 Å². The van der Waals surface area contributed by atoms with Gasteiger partial charge in [0.05, 0.1) is 5.39 Å². The summed E-state index contributed by atoms with van der Waals surface area (Å²) in [4.78, 5) is 40.8. The monoisotopic (exact) mass is 446 g/mol. The summed E-state index contributed by atoms with van der Waals surface area (Å²) >= 11 is 0. The van der Waals surface area contributed by atoms with Gasteiger partial charge in [-0.05, 0) is 19.1 Å². The van der Waals surface area contributed by atoms with Crippen molar-refractivity contribution in [2.75, 3.05) is 39.3 Å². The van der Waals surface area contributed by atoms with E-state index in [1.807, 2.05) is 0 Å². The zero-order valence-electron chi connectivity index (χ0n) is 17.0. The molecule has 0 unspecified atom stereocenters. The largest absolute Gasteiger partial charge is 0.451 e. The molecule has 10 heteroatoms. The third kappa shape index (κ3) is 5.12. The zero-order valence-corrected chi connectivity index (χ0v) is 17.8. The molecule has 1 saturated heterocycles. The van der Waals surface area contributed by atoms with Gasteiger partial charge in [0.15, 0.2) is 16.9 Å². The predicted molar refractivity (Wildman–Crippen MR) is 116 cm³/mol. The summed E-state index contributed by atoms with van der Waals surface area (Å²) in [6.07, 6.45) is 0. The Morgan fingerprint density at radius 2 is 1.87 bits per heavy atom. The number of carbonyl (C=O) groups is 2. The maximum atomic E-state index is 12.4. The molecular formula is C21H23ClN4O5. The molecule has 1 N–H and O–H groups in total. The fourth-order valence-electron chi connectivity index (χ4n) is 3.43. The van der Waals surface area contributed by atoms with Crippen LogP contribution in [0.4, 0.5) is 0 Å². The van der Waals surface area contributed by atoms with Crippen molar-refractivity contribution in [3.63, 3.8) is 0 Å². The summed E-state index contributed by atoms with van der Waals surface area (Å²) in [7, 11) is 0. The summed E-state index contributed by atoms with van der Waals surface area (Å²) in [6, 6.07) is 9.68. The van der Waals surface area contributed by atoms with Gasteiger partial charge in [0.1, 0.15) is 11.3 Å². The van der Waals surface area contributed by atoms with Crippen LogP contribution in [0.15, 0.2) is 50.1 Å². The molecule has 1 aromatic carbocycles. The van der Waals surface area contributed by atoms with Crippen LogP contribution in [0, 0.1) is 6.92 Å².